The van der Waals surface area contributed by atoms with E-state index in [1.54, 1.807) is 23.1 Å². The van der Waals surface area contributed by atoms with Gasteiger partial charge in [-0.3, -0.25) is 4.68 Å². The summed E-state index contributed by atoms with van der Waals surface area (Å²) in [7, 11) is 0. The molecule has 4 nitrogen and oxygen atoms in total. The van der Waals surface area contributed by atoms with Crippen molar-refractivity contribution in [2.75, 3.05) is 10.6 Å². The molecule has 2 N–H and O–H groups in total. The third-order valence-corrected chi connectivity index (χ3v) is 4.72. The van der Waals surface area contributed by atoms with E-state index in [0.717, 1.165) is 22.5 Å². The van der Waals surface area contributed by atoms with Gasteiger partial charge in [-0.15, -0.1) is 0 Å². The molecule has 26 heavy (non-hydrogen) atoms. The first kappa shape index (κ1) is 18.6. The van der Waals surface area contributed by atoms with Crippen molar-refractivity contribution in [3.63, 3.8) is 0 Å². The molecule has 8 heteroatoms. The van der Waals surface area contributed by atoms with E-state index in [2.05, 4.69) is 15.7 Å². The van der Waals surface area contributed by atoms with Crippen molar-refractivity contribution >= 4 is 51.9 Å². The van der Waals surface area contributed by atoms with Crippen LogP contribution in [0.5, 0.6) is 0 Å². The van der Waals surface area contributed by atoms with Crippen molar-refractivity contribution in [2.45, 2.75) is 13.5 Å². The fourth-order valence-electron chi connectivity index (χ4n) is 2.37. The van der Waals surface area contributed by atoms with E-state index in [-0.39, 0.29) is 5.82 Å². The van der Waals surface area contributed by atoms with Gasteiger partial charge in [0.1, 0.15) is 5.82 Å². The SMILES string of the molecule is Cc1c(Cl)cccc1NC(=S)Nc1cnn(Cc2ccc(F)cc2Cl)c1. The predicted molar refractivity (Wildman–Crippen MR) is 109 cm³/mol. The molecule has 3 aromatic rings. The Hall–Kier alpha value is -2.15. The molecule has 2 aromatic carbocycles. The summed E-state index contributed by atoms with van der Waals surface area (Å²) in [6.45, 7) is 2.34. The van der Waals surface area contributed by atoms with E-state index in [1.165, 1.54) is 12.1 Å². The van der Waals surface area contributed by atoms with E-state index in [1.807, 2.05) is 25.1 Å². The maximum absolute atomic E-state index is 13.1. The summed E-state index contributed by atoms with van der Waals surface area (Å²) < 4.78 is 14.8. The Morgan fingerprint density at radius 1 is 1.19 bits per heavy atom. The fourth-order valence-corrected chi connectivity index (χ4v) is 3.00. The molecule has 0 aliphatic rings. The van der Waals surface area contributed by atoms with Crippen LogP contribution in [0.25, 0.3) is 0 Å². The van der Waals surface area contributed by atoms with Gasteiger partial charge in [0.15, 0.2) is 5.11 Å². The molecule has 0 radical (unpaired) electrons. The lowest BCUT2D eigenvalue weighted by atomic mass is 10.2. The van der Waals surface area contributed by atoms with Crippen molar-refractivity contribution in [2.24, 2.45) is 0 Å². The molecule has 0 unspecified atom stereocenters. The van der Waals surface area contributed by atoms with Gasteiger partial charge in [0, 0.05) is 21.9 Å². The summed E-state index contributed by atoms with van der Waals surface area (Å²) in [5.74, 6) is -0.366. The lowest BCUT2D eigenvalue weighted by Gasteiger charge is -2.12. The number of rotatable bonds is 4. The molecular weight excluding hydrogens is 394 g/mol. The van der Waals surface area contributed by atoms with Gasteiger partial charge >= 0.3 is 0 Å². The molecular formula is C18H15Cl2FN4S. The Labute approximate surface area is 165 Å². The summed E-state index contributed by atoms with van der Waals surface area (Å²) in [5, 5.41) is 11.9. The molecule has 3 rings (SSSR count). The van der Waals surface area contributed by atoms with Crippen LogP contribution in [0.2, 0.25) is 10.0 Å². The van der Waals surface area contributed by atoms with Crippen LogP contribution in [0.1, 0.15) is 11.1 Å². The number of nitrogens with zero attached hydrogens (tertiary/aromatic N) is 2. The highest BCUT2D eigenvalue weighted by Crippen LogP contribution is 2.23. The lowest BCUT2D eigenvalue weighted by Crippen LogP contribution is -2.19. The molecule has 0 spiro atoms. The average molecular weight is 409 g/mol. The first-order chi connectivity index (χ1) is 12.4. The Bertz CT molecular complexity index is 958. The standard InChI is InChI=1S/C18H15Cl2FN4S/c1-11-15(19)3-2-4-17(11)24-18(26)23-14-8-22-25(10-14)9-12-5-6-13(21)7-16(12)20/h2-8,10H,9H2,1H3,(H2,23,24,26). The summed E-state index contributed by atoms with van der Waals surface area (Å²) >= 11 is 17.5. The van der Waals surface area contributed by atoms with E-state index in [4.69, 9.17) is 35.4 Å². The van der Waals surface area contributed by atoms with Crippen molar-refractivity contribution in [1.82, 2.24) is 9.78 Å². The second kappa shape index (κ2) is 8.03. The van der Waals surface area contributed by atoms with E-state index >= 15 is 0 Å². The number of hydrogen-bond acceptors (Lipinski definition) is 2. The topological polar surface area (TPSA) is 41.9 Å². The molecule has 134 valence electrons. The van der Waals surface area contributed by atoms with E-state index < -0.39 is 0 Å². The van der Waals surface area contributed by atoms with Gasteiger partial charge in [-0.05, 0) is 54.5 Å². The van der Waals surface area contributed by atoms with Gasteiger partial charge in [0.05, 0.1) is 18.4 Å². The number of hydrogen-bond donors (Lipinski definition) is 2. The maximum Gasteiger partial charge on any atom is 0.175 e. The predicted octanol–water partition coefficient (Wildman–Crippen LogP) is 5.49. The van der Waals surface area contributed by atoms with Crippen LogP contribution in [0.3, 0.4) is 0 Å². The van der Waals surface area contributed by atoms with Crippen molar-refractivity contribution in [3.05, 3.63) is 75.8 Å². The average Bonchev–Trinajstić information content (AvgIpc) is 3.01. The molecule has 0 amide bonds. The molecule has 0 saturated heterocycles. The zero-order chi connectivity index (χ0) is 18.7. The Kier molecular flexibility index (Phi) is 5.76. The van der Waals surface area contributed by atoms with Crippen LogP contribution in [-0.2, 0) is 6.54 Å². The minimum Gasteiger partial charge on any atom is -0.332 e. The summed E-state index contributed by atoms with van der Waals surface area (Å²) in [6.07, 6.45) is 3.44. The van der Waals surface area contributed by atoms with Gasteiger partial charge in [-0.2, -0.15) is 5.10 Å². The highest BCUT2D eigenvalue weighted by molar-refractivity contribution is 7.80. The summed E-state index contributed by atoms with van der Waals surface area (Å²) in [4.78, 5) is 0. The number of nitrogens with one attached hydrogen (secondary N) is 2. The zero-order valence-electron chi connectivity index (χ0n) is 13.8. The maximum atomic E-state index is 13.1. The molecule has 0 saturated carbocycles. The second-order valence-corrected chi connectivity index (χ2v) is 6.88. The van der Waals surface area contributed by atoms with Crippen molar-refractivity contribution in [3.8, 4) is 0 Å². The molecule has 0 atom stereocenters. The van der Waals surface area contributed by atoms with Gasteiger partial charge in [-0.1, -0.05) is 35.3 Å². The Morgan fingerprint density at radius 3 is 2.77 bits per heavy atom. The Balaban J connectivity index is 1.64. The minimum atomic E-state index is -0.366. The van der Waals surface area contributed by atoms with E-state index in [9.17, 15) is 4.39 Å². The van der Waals surface area contributed by atoms with Gasteiger partial charge in [0.25, 0.3) is 0 Å². The Morgan fingerprint density at radius 2 is 2.00 bits per heavy atom. The fraction of sp³-hybridized carbons (Fsp3) is 0.111. The van der Waals surface area contributed by atoms with Crippen LogP contribution in [-0.4, -0.2) is 14.9 Å². The van der Waals surface area contributed by atoms with Crippen molar-refractivity contribution in [1.29, 1.82) is 0 Å². The third kappa shape index (κ3) is 4.52. The van der Waals surface area contributed by atoms with Gasteiger partial charge in [0.2, 0.25) is 0 Å². The number of aromatic nitrogens is 2. The largest absolute Gasteiger partial charge is 0.332 e. The number of benzene rings is 2. The molecule has 1 aromatic heterocycles. The van der Waals surface area contributed by atoms with Crippen LogP contribution < -0.4 is 10.6 Å². The number of anilines is 2. The van der Waals surface area contributed by atoms with Crippen LogP contribution >= 0.6 is 35.4 Å². The molecule has 1 heterocycles. The van der Waals surface area contributed by atoms with Crippen LogP contribution in [0.4, 0.5) is 15.8 Å². The summed E-state index contributed by atoms with van der Waals surface area (Å²) in [6, 6.07) is 9.87. The smallest absolute Gasteiger partial charge is 0.175 e. The number of halogens is 3. The monoisotopic (exact) mass is 408 g/mol. The molecule has 0 bridgehead atoms. The summed E-state index contributed by atoms with van der Waals surface area (Å²) in [5.41, 5.74) is 3.25. The second-order valence-electron chi connectivity index (χ2n) is 5.65. The molecule has 0 aliphatic carbocycles. The molecule has 0 aliphatic heterocycles. The lowest BCUT2D eigenvalue weighted by molar-refractivity contribution is 0.624. The van der Waals surface area contributed by atoms with Crippen LogP contribution in [0, 0.1) is 12.7 Å². The normalized spacial score (nSPS) is 10.6. The quantitative estimate of drug-likeness (QED) is 0.559. The third-order valence-electron chi connectivity index (χ3n) is 3.75. The van der Waals surface area contributed by atoms with Crippen molar-refractivity contribution < 1.29 is 4.39 Å². The molecule has 0 fully saturated rings. The first-order valence-electron chi connectivity index (χ1n) is 7.72. The zero-order valence-corrected chi connectivity index (χ0v) is 16.1. The van der Waals surface area contributed by atoms with Crippen LogP contribution in [0.15, 0.2) is 48.8 Å². The first-order valence-corrected chi connectivity index (χ1v) is 8.88. The minimum absolute atomic E-state index is 0.364. The van der Waals surface area contributed by atoms with Gasteiger partial charge in [-0.25, -0.2) is 4.39 Å². The number of thiocarbonyl (C=S) groups is 1. The highest BCUT2D eigenvalue weighted by Gasteiger charge is 2.07. The van der Waals surface area contributed by atoms with E-state index in [0.29, 0.717) is 21.7 Å². The van der Waals surface area contributed by atoms with Gasteiger partial charge < -0.3 is 10.6 Å². The highest BCUT2D eigenvalue weighted by atomic mass is 35.5.